The van der Waals surface area contributed by atoms with Crippen molar-refractivity contribution in [2.24, 2.45) is 11.8 Å². The van der Waals surface area contributed by atoms with E-state index in [1.807, 2.05) is 34.9 Å². The van der Waals surface area contributed by atoms with Crippen molar-refractivity contribution < 1.29 is 32.9 Å². The number of aromatic nitrogens is 2. The number of halogens is 3. The predicted molar refractivity (Wildman–Crippen MR) is 156 cm³/mol. The number of carbonyl (C=O) groups is 1. The van der Waals surface area contributed by atoms with Crippen LogP contribution in [0.3, 0.4) is 0 Å². The van der Waals surface area contributed by atoms with E-state index in [0.717, 1.165) is 23.8 Å². The molecule has 44 heavy (non-hydrogen) atoms. The van der Waals surface area contributed by atoms with Gasteiger partial charge in [0.15, 0.2) is 0 Å². The van der Waals surface area contributed by atoms with Gasteiger partial charge in [0.2, 0.25) is 0 Å². The van der Waals surface area contributed by atoms with Crippen molar-refractivity contribution in [3.8, 4) is 11.3 Å². The molecular weight excluding hydrogens is 575 g/mol. The number of alkyl halides is 1. The van der Waals surface area contributed by atoms with Crippen LogP contribution in [0.1, 0.15) is 30.3 Å². The van der Waals surface area contributed by atoms with Gasteiger partial charge in [-0.05, 0) is 42.5 Å². The molecular formula is C32H38F3N5O4. The Morgan fingerprint density at radius 1 is 1.07 bits per heavy atom. The molecule has 2 amide bonds. The minimum absolute atomic E-state index is 0.00346. The van der Waals surface area contributed by atoms with Gasteiger partial charge in [-0.1, -0.05) is 30.3 Å². The molecule has 0 aliphatic carbocycles. The molecule has 3 aliphatic heterocycles. The first kappa shape index (κ1) is 30.6. The fourth-order valence-electron chi connectivity index (χ4n) is 6.58. The van der Waals surface area contributed by atoms with E-state index in [2.05, 4.69) is 5.32 Å². The van der Waals surface area contributed by atoms with Crippen molar-refractivity contribution in [2.45, 2.75) is 43.8 Å². The Kier molecular flexibility index (Phi) is 9.22. The zero-order chi connectivity index (χ0) is 30.8. The number of likely N-dealkylation sites (tertiary alicyclic amines) is 1. The summed E-state index contributed by atoms with van der Waals surface area (Å²) < 4.78 is 52.0. The topological polar surface area (TPSA) is 103 Å². The lowest BCUT2D eigenvalue weighted by Gasteiger charge is -2.41. The molecule has 3 N–H and O–H groups in total. The van der Waals surface area contributed by atoms with Crippen molar-refractivity contribution in [3.63, 3.8) is 0 Å². The molecule has 12 heteroatoms. The third kappa shape index (κ3) is 6.49. The van der Waals surface area contributed by atoms with E-state index >= 15 is 8.78 Å². The first-order chi connectivity index (χ1) is 21.3. The standard InChI is InChI=1S/C32H38F3N5O4/c33-23-6-7-25(34)24(12-23)27-17-38(15-20-4-2-1-3-5-20)31(37-27)30(21-8-10-44-11-9-21)40(16-22-13-36-14-26(22)35)32(43)39-18-28(41)29(42)19-39/h1-7,12,17,21-22,26,28-30,36,41-42H,8-11,13-16,18-19H2. The minimum Gasteiger partial charge on any atom is -0.388 e. The summed E-state index contributed by atoms with van der Waals surface area (Å²) in [5.41, 5.74) is 1.15. The summed E-state index contributed by atoms with van der Waals surface area (Å²) in [5, 5.41) is 23.6. The largest absolute Gasteiger partial charge is 0.388 e. The number of urea groups is 1. The van der Waals surface area contributed by atoms with Gasteiger partial charge in [-0.2, -0.15) is 0 Å². The van der Waals surface area contributed by atoms with Gasteiger partial charge < -0.3 is 34.6 Å². The number of nitrogens with one attached hydrogen (secondary N) is 1. The number of benzene rings is 2. The van der Waals surface area contributed by atoms with Gasteiger partial charge in [-0.25, -0.2) is 22.9 Å². The van der Waals surface area contributed by atoms with Gasteiger partial charge in [0, 0.05) is 57.1 Å². The number of imidazole rings is 1. The smallest absolute Gasteiger partial charge is 0.320 e. The molecule has 0 saturated carbocycles. The SMILES string of the molecule is O=C(N1CC(O)C(O)C1)N(CC1CNCC1F)C(c1nc(-c2cc(F)ccc2F)cn1Cc1ccccc1)C1CCOCC1. The number of nitrogens with zero attached hydrogens (tertiary/aromatic N) is 4. The van der Waals surface area contributed by atoms with Gasteiger partial charge in [-0.15, -0.1) is 0 Å². The van der Waals surface area contributed by atoms with Crippen LogP contribution in [-0.2, 0) is 11.3 Å². The maximum atomic E-state index is 15.1. The number of carbonyl (C=O) groups excluding carboxylic acids is 1. The molecule has 0 bridgehead atoms. The van der Waals surface area contributed by atoms with Gasteiger partial charge >= 0.3 is 6.03 Å². The van der Waals surface area contributed by atoms with Gasteiger partial charge in [0.1, 0.15) is 23.6 Å². The maximum Gasteiger partial charge on any atom is 0.320 e. The normalized spacial score (nSPS) is 25.0. The second-order valence-electron chi connectivity index (χ2n) is 12.0. The summed E-state index contributed by atoms with van der Waals surface area (Å²) in [6.45, 7) is 1.79. The van der Waals surface area contributed by atoms with Crippen molar-refractivity contribution in [2.75, 3.05) is 45.9 Å². The highest BCUT2D eigenvalue weighted by atomic mass is 19.1. The van der Waals surface area contributed by atoms with E-state index in [0.29, 0.717) is 45.0 Å². The molecule has 2 aromatic carbocycles. The first-order valence-corrected chi connectivity index (χ1v) is 15.2. The van der Waals surface area contributed by atoms with E-state index in [1.54, 1.807) is 11.1 Å². The average Bonchev–Trinajstić information content (AvgIpc) is 3.73. The molecule has 5 atom stereocenters. The van der Waals surface area contributed by atoms with E-state index in [-0.39, 0.29) is 43.4 Å². The van der Waals surface area contributed by atoms with Crippen LogP contribution in [0, 0.1) is 23.5 Å². The second-order valence-corrected chi connectivity index (χ2v) is 12.0. The quantitative estimate of drug-likeness (QED) is 0.360. The van der Waals surface area contributed by atoms with Crippen LogP contribution < -0.4 is 5.32 Å². The number of hydrogen-bond donors (Lipinski definition) is 3. The van der Waals surface area contributed by atoms with Crippen molar-refractivity contribution in [1.82, 2.24) is 24.7 Å². The highest BCUT2D eigenvalue weighted by Crippen LogP contribution is 2.39. The number of β-amino-alcohol motifs (C(OH)–C–C–N with tert-alkyl or cyclic N) is 2. The second kappa shape index (κ2) is 13.3. The Morgan fingerprint density at radius 3 is 2.48 bits per heavy atom. The summed E-state index contributed by atoms with van der Waals surface area (Å²) in [6.07, 6.45) is -0.476. The first-order valence-electron chi connectivity index (χ1n) is 15.2. The fourth-order valence-corrected chi connectivity index (χ4v) is 6.58. The average molecular weight is 614 g/mol. The molecule has 3 aliphatic rings. The summed E-state index contributed by atoms with van der Waals surface area (Å²) in [7, 11) is 0. The van der Waals surface area contributed by atoms with Crippen LogP contribution >= 0.6 is 0 Å². The van der Waals surface area contributed by atoms with Crippen molar-refractivity contribution >= 4 is 6.03 Å². The lowest BCUT2D eigenvalue weighted by atomic mass is 9.89. The molecule has 6 rings (SSSR count). The van der Waals surface area contributed by atoms with E-state index in [1.165, 1.54) is 4.90 Å². The Balaban J connectivity index is 1.48. The number of aliphatic hydroxyl groups excluding tert-OH is 2. The fraction of sp³-hybridized carbons (Fsp3) is 0.500. The van der Waals surface area contributed by atoms with Crippen LogP contribution in [0.25, 0.3) is 11.3 Å². The summed E-state index contributed by atoms with van der Waals surface area (Å²) in [4.78, 5) is 22.3. The van der Waals surface area contributed by atoms with Crippen molar-refractivity contribution in [3.05, 3.63) is 77.8 Å². The number of ether oxygens (including phenoxy) is 1. The number of amides is 2. The molecule has 5 unspecified atom stereocenters. The number of rotatable bonds is 8. The number of aliphatic hydroxyl groups is 2. The van der Waals surface area contributed by atoms with E-state index in [9.17, 15) is 19.4 Å². The minimum atomic E-state index is -1.17. The third-order valence-electron chi connectivity index (χ3n) is 8.98. The molecule has 3 saturated heterocycles. The Morgan fingerprint density at radius 2 is 1.80 bits per heavy atom. The highest BCUT2D eigenvalue weighted by molar-refractivity contribution is 5.75. The molecule has 3 aromatic rings. The van der Waals surface area contributed by atoms with Gasteiger partial charge in [0.05, 0.1) is 37.0 Å². The van der Waals surface area contributed by atoms with E-state index in [4.69, 9.17) is 9.72 Å². The molecule has 4 heterocycles. The summed E-state index contributed by atoms with van der Waals surface area (Å²) in [5.74, 6) is -1.40. The predicted octanol–water partition coefficient (Wildman–Crippen LogP) is 3.36. The highest BCUT2D eigenvalue weighted by Gasteiger charge is 2.43. The zero-order valence-corrected chi connectivity index (χ0v) is 24.4. The third-order valence-corrected chi connectivity index (χ3v) is 8.98. The van der Waals surface area contributed by atoms with Crippen LogP contribution in [-0.4, -0.2) is 99.9 Å². The van der Waals surface area contributed by atoms with Crippen LogP contribution in [0.5, 0.6) is 0 Å². The molecule has 236 valence electrons. The molecule has 3 fully saturated rings. The van der Waals surface area contributed by atoms with Gasteiger partial charge in [-0.3, -0.25) is 0 Å². The summed E-state index contributed by atoms with van der Waals surface area (Å²) >= 11 is 0. The van der Waals surface area contributed by atoms with Crippen LogP contribution in [0.15, 0.2) is 54.7 Å². The van der Waals surface area contributed by atoms with Crippen molar-refractivity contribution in [1.29, 1.82) is 0 Å². The van der Waals surface area contributed by atoms with E-state index < -0.39 is 48.0 Å². The molecule has 9 nitrogen and oxygen atoms in total. The maximum absolute atomic E-state index is 15.1. The zero-order valence-electron chi connectivity index (χ0n) is 24.4. The summed E-state index contributed by atoms with van der Waals surface area (Å²) in [6, 6.07) is 11.7. The lowest BCUT2D eigenvalue weighted by Crippen LogP contribution is -2.50. The molecule has 0 spiro atoms. The molecule has 0 radical (unpaired) electrons. The Labute approximate surface area is 254 Å². The monoisotopic (exact) mass is 613 g/mol. The Bertz CT molecular complexity index is 1430. The number of hydrogen-bond acceptors (Lipinski definition) is 6. The Hall–Kier alpha value is -3.45. The van der Waals surface area contributed by atoms with Crippen LogP contribution in [0.4, 0.5) is 18.0 Å². The van der Waals surface area contributed by atoms with Crippen LogP contribution in [0.2, 0.25) is 0 Å². The van der Waals surface area contributed by atoms with Gasteiger partial charge in [0.25, 0.3) is 0 Å². The molecule has 1 aromatic heterocycles. The lowest BCUT2D eigenvalue weighted by molar-refractivity contribution is 0.0207.